The second-order valence-corrected chi connectivity index (χ2v) is 17.8. The van der Waals surface area contributed by atoms with E-state index in [4.69, 9.17) is 4.43 Å². The molecule has 0 saturated carbocycles. The van der Waals surface area contributed by atoms with Crippen LogP contribution in [0.4, 0.5) is 4.39 Å². The Morgan fingerprint density at radius 3 is 2.37 bits per heavy atom. The highest BCUT2D eigenvalue weighted by molar-refractivity contribution is 6.74. The number of carbonyl (C=O) groups is 1. The molecule has 0 aliphatic carbocycles. The SMILES string of the molecule is CC(Cc1cccc(CC(=O)NCCCc2ccc(F)cc2)c1)NCC(O[Si](C)(C)C(C)(C)C)c1ccc(O)c(CO)c1. The minimum Gasteiger partial charge on any atom is -0.508 e. The van der Waals surface area contributed by atoms with Crippen LogP contribution in [0.1, 0.15) is 68.0 Å². The lowest BCUT2D eigenvalue weighted by atomic mass is 10.0. The van der Waals surface area contributed by atoms with Crippen LogP contribution in [-0.2, 0) is 35.1 Å². The van der Waals surface area contributed by atoms with E-state index in [9.17, 15) is 19.4 Å². The van der Waals surface area contributed by atoms with Crippen molar-refractivity contribution in [1.29, 1.82) is 0 Å². The lowest BCUT2D eigenvalue weighted by Gasteiger charge is -2.40. The minimum atomic E-state index is -2.11. The van der Waals surface area contributed by atoms with Gasteiger partial charge in [-0.05, 0) is 90.8 Å². The number of benzene rings is 3. The number of amides is 1. The van der Waals surface area contributed by atoms with E-state index in [1.165, 1.54) is 12.1 Å². The molecule has 3 aromatic carbocycles. The van der Waals surface area contributed by atoms with Crippen molar-refractivity contribution < 1.29 is 23.8 Å². The van der Waals surface area contributed by atoms with Gasteiger partial charge in [0.05, 0.1) is 19.1 Å². The number of aryl methyl sites for hydroxylation is 1. The molecule has 0 saturated heterocycles. The van der Waals surface area contributed by atoms with Crippen LogP contribution in [0.15, 0.2) is 66.7 Å². The van der Waals surface area contributed by atoms with Gasteiger partial charge < -0.3 is 25.3 Å². The maximum Gasteiger partial charge on any atom is 0.224 e. The topological polar surface area (TPSA) is 90.8 Å². The summed E-state index contributed by atoms with van der Waals surface area (Å²) in [6, 6.07) is 20.1. The van der Waals surface area contributed by atoms with E-state index < -0.39 is 8.32 Å². The molecule has 2 atom stereocenters. The number of nitrogens with one attached hydrogen (secondary N) is 2. The van der Waals surface area contributed by atoms with Crippen molar-refractivity contribution in [2.75, 3.05) is 13.1 Å². The first-order valence-electron chi connectivity index (χ1n) is 15.2. The van der Waals surface area contributed by atoms with E-state index in [1.807, 2.05) is 24.3 Å². The molecule has 8 heteroatoms. The summed E-state index contributed by atoms with van der Waals surface area (Å²) < 4.78 is 19.9. The second kappa shape index (κ2) is 15.6. The molecule has 43 heavy (non-hydrogen) atoms. The number of hydrogen-bond acceptors (Lipinski definition) is 5. The number of aliphatic hydroxyl groups is 1. The van der Waals surface area contributed by atoms with Crippen LogP contribution in [0, 0.1) is 5.82 Å². The van der Waals surface area contributed by atoms with Gasteiger partial charge in [-0.1, -0.05) is 63.2 Å². The normalized spacial score (nSPS) is 13.5. The van der Waals surface area contributed by atoms with E-state index in [0.717, 1.165) is 41.5 Å². The lowest BCUT2D eigenvalue weighted by molar-refractivity contribution is -0.120. The Labute approximate surface area is 257 Å². The molecule has 0 bridgehead atoms. The van der Waals surface area contributed by atoms with E-state index in [-0.39, 0.29) is 41.3 Å². The minimum absolute atomic E-state index is 0.0100. The van der Waals surface area contributed by atoms with Gasteiger partial charge in [0.25, 0.3) is 0 Å². The van der Waals surface area contributed by atoms with Gasteiger partial charge in [0.15, 0.2) is 8.32 Å². The van der Waals surface area contributed by atoms with Crippen LogP contribution >= 0.6 is 0 Å². The van der Waals surface area contributed by atoms with Gasteiger partial charge in [0, 0.05) is 24.7 Å². The molecule has 6 nitrogen and oxygen atoms in total. The highest BCUT2D eigenvalue weighted by Gasteiger charge is 2.39. The van der Waals surface area contributed by atoms with Gasteiger partial charge >= 0.3 is 0 Å². The molecule has 0 aromatic heterocycles. The Bertz CT molecular complexity index is 1320. The highest BCUT2D eigenvalue weighted by Crippen LogP contribution is 2.40. The summed E-state index contributed by atoms with van der Waals surface area (Å²) in [4.78, 5) is 12.6. The molecule has 4 N–H and O–H groups in total. The summed E-state index contributed by atoms with van der Waals surface area (Å²) in [5.41, 5.74) is 4.60. The van der Waals surface area contributed by atoms with Crippen LogP contribution in [0.25, 0.3) is 0 Å². The van der Waals surface area contributed by atoms with Gasteiger partial charge in [-0.25, -0.2) is 4.39 Å². The first-order chi connectivity index (χ1) is 20.3. The average Bonchev–Trinajstić information content (AvgIpc) is 2.94. The third-order valence-electron chi connectivity index (χ3n) is 8.32. The van der Waals surface area contributed by atoms with E-state index >= 15 is 0 Å². The van der Waals surface area contributed by atoms with Gasteiger partial charge in [0.1, 0.15) is 11.6 Å². The third kappa shape index (κ3) is 10.9. The molecule has 0 spiro atoms. The fourth-order valence-electron chi connectivity index (χ4n) is 4.71. The standard InChI is InChI=1S/C35H49FN2O4Si/c1-25(38-23-33(42-43(5,6)35(2,3)4)29-14-17-32(40)30(22-29)24-39)19-27-9-7-10-28(20-27)21-34(41)37-18-8-11-26-12-15-31(36)16-13-26/h7,9-10,12-17,20,22,25,33,38-40H,8,11,18-19,21,23-24H2,1-6H3,(H,37,41). The third-order valence-corrected chi connectivity index (χ3v) is 12.8. The van der Waals surface area contributed by atoms with Crippen molar-refractivity contribution >= 4 is 14.2 Å². The Hall–Kier alpha value is -3.04. The molecule has 0 heterocycles. The summed E-state index contributed by atoms with van der Waals surface area (Å²) in [7, 11) is -2.11. The van der Waals surface area contributed by atoms with Crippen LogP contribution in [-0.4, -0.2) is 43.6 Å². The van der Waals surface area contributed by atoms with Crippen molar-refractivity contribution in [3.8, 4) is 5.75 Å². The van der Waals surface area contributed by atoms with E-state index in [0.29, 0.717) is 25.1 Å². The molecule has 1 amide bonds. The van der Waals surface area contributed by atoms with Gasteiger partial charge in [0.2, 0.25) is 5.91 Å². The molecule has 0 radical (unpaired) electrons. The van der Waals surface area contributed by atoms with Crippen LogP contribution in [0.5, 0.6) is 5.75 Å². The molecular weight excluding hydrogens is 559 g/mol. The van der Waals surface area contributed by atoms with E-state index in [1.54, 1.807) is 18.2 Å². The zero-order valence-electron chi connectivity index (χ0n) is 26.5. The van der Waals surface area contributed by atoms with Gasteiger partial charge in [-0.2, -0.15) is 0 Å². The Balaban J connectivity index is 1.55. The maximum absolute atomic E-state index is 13.1. The first-order valence-corrected chi connectivity index (χ1v) is 18.1. The highest BCUT2D eigenvalue weighted by atomic mass is 28.4. The summed E-state index contributed by atoms with van der Waals surface area (Å²) in [6.07, 6.45) is 2.47. The quantitative estimate of drug-likeness (QED) is 0.115. The summed E-state index contributed by atoms with van der Waals surface area (Å²) in [5.74, 6) is -0.169. The largest absolute Gasteiger partial charge is 0.508 e. The molecule has 3 rings (SSSR count). The average molecular weight is 609 g/mol. The number of aliphatic hydroxyl groups excluding tert-OH is 1. The maximum atomic E-state index is 13.1. The number of hydrogen-bond donors (Lipinski definition) is 4. The second-order valence-electron chi connectivity index (χ2n) is 13.0. The van der Waals surface area contributed by atoms with Crippen molar-refractivity contribution in [2.24, 2.45) is 0 Å². The smallest absolute Gasteiger partial charge is 0.224 e. The monoisotopic (exact) mass is 608 g/mol. The fourth-order valence-corrected chi connectivity index (χ4v) is 6.00. The fraction of sp³-hybridized carbons (Fsp3) is 0.457. The molecule has 0 fully saturated rings. The molecule has 234 valence electrons. The number of rotatable bonds is 15. The van der Waals surface area contributed by atoms with Crippen molar-refractivity contribution in [1.82, 2.24) is 10.6 Å². The summed E-state index contributed by atoms with van der Waals surface area (Å²) in [6.45, 7) is 14.2. The lowest BCUT2D eigenvalue weighted by Crippen LogP contribution is -2.44. The first kappa shape index (κ1) is 34.4. The Morgan fingerprint density at radius 2 is 1.70 bits per heavy atom. The number of aromatic hydroxyl groups is 1. The number of phenols is 1. The van der Waals surface area contributed by atoms with Crippen molar-refractivity contribution in [3.05, 3.63) is 100 Å². The predicted octanol–water partition coefficient (Wildman–Crippen LogP) is 6.60. The van der Waals surface area contributed by atoms with Gasteiger partial charge in [-0.15, -0.1) is 0 Å². The molecule has 0 aliphatic heterocycles. The molecular formula is C35H49FN2O4Si. The number of carbonyl (C=O) groups excluding carboxylic acids is 1. The van der Waals surface area contributed by atoms with Crippen LogP contribution in [0.3, 0.4) is 0 Å². The Kier molecular flexibility index (Phi) is 12.5. The van der Waals surface area contributed by atoms with Crippen molar-refractivity contribution in [3.63, 3.8) is 0 Å². The predicted molar refractivity (Wildman–Crippen MR) is 174 cm³/mol. The summed E-state index contributed by atoms with van der Waals surface area (Å²) in [5, 5.41) is 26.5. The molecule has 3 aromatic rings. The Morgan fingerprint density at radius 1 is 1.00 bits per heavy atom. The number of halogens is 1. The molecule has 2 unspecified atom stereocenters. The van der Waals surface area contributed by atoms with E-state index in [2.05, 4.69) is 63.6 Å². The van der Waals surface area contributed by atoms with Crippen LogP contribution < -0.4 is 10.6 Å². The molecule has 0 aliphatic rings. The van der Waals surface area contributed by atoms with Crippen molar-refractivity contribution in [2.45, 2.75) is 90.3 Å². The zero-order valence-corrected chi connectivity index (χ0v) is 27.5. The van der Waals surface area contributed by atoms with Crippen LogP contribution in [0.2, 0.25) is 18.1 Å². The summed E-state index contributed by atoms with van der Waals surface area (Å²) >= 11 is 0. The zero-order chi connectivity index (χ0) is 31.6. The van der Waals surface area contributed by atoms with Gasteiger partial charge in [-0.3, -0.25) is 4.79 Å².